The number of nitrogens with one attached hydrogen (secondary N) is 1. The summed E-state index contributed by atoms with van der Waals surface area (Å²) in [4.78, 5) is 24.2. The maximum atomic E-state index is 12.1. The molecule has 0 aliphatic carbocycles. The molecular formula is C17H25N3O5. The number of non-ortho nitro benzene ring substituents is 1. The van der Waals surface area contributed by atoms with Gasteiger partial charge < -0.3 is 19.7 Å². The molecule has 0 atom stereocenters. The first-order valence-corrected chi connectivity index (χ1v) is 8.26. The van der Waals surface area contributed by atoms with Crippen LogP contribution in [0.1, 0.15) is 33.6 Å². The fourth-order valence-electron chi connectivity index (χ4n) is 2.67. The van der Waals surface area contributed by atoms with Crippen LogP contribution in [-0.4, -0.2) is 47.8 Å². The molecule has 1 aromatic carbocycles. The van der Waals surface area contributed by atoms with Gasteiger partial charge >= 0.3 is 6.09 Å². The molecule has 1 amide bonds. The SMILES string of the molecule is COc1cc([N+](=O)[O-])ccc1NC1CCN(C(=O)OC(C)(C)C)CC1. The summed E-state index contributed by atoms with van der Waals surface area (Å²) in [6.45, 7) is 6.74. The lowest BCUT2D eigenvalue weighted by Gasteiger charge is -2.34. The third kappa shape index (κ3) is 5.23. The topological polar surface area (TPSA) is 93.9 Å². The molecule has 1 aliphatic heterocycles. The average Bonchev–Trinajstić information content (AvgIpc) is 2.54. The number of nitro benzene ring substituents is 1. The minimum atomic E-state index is -0.502. The highest BCUT2D eigenvalue weighted by molar-refractivity contribution is 5.68. The lowest BCUT2D eigenvalue weighted by Crippen LogP contribution is -2.44. The van der Waals surface area contributed by atoms with Crippen LogP contribution in [0.3, 0.4) is 0 Å². The molecule has 138 valence electrons. The molecule has 0 saturated carbocycles. The van der Waals surface area contributed by atoms with E-state index in [0.717, 1.165) is 12.8 Å². The number of carbonyl (C=O) groups is 1. The summed E-state index contributed by atoms with van der Waals surface area (Å²) in [5.41, 5.74) is 0.198. The van der Waals surface area contributed by atoms with Crippen molar-refractivity contribution < 1.29 is 19.2 Å². The van der Waals surface area contributed by atoms with E-state index in [2.05, 4.69) is 5.32 Å². The summed E-state index contributed by atoms with van der Waals surface area (Å²) in [5.74, 6) is 0.434. The van der Waals surface area contributed by atoms with Crippen LogP contribution in [-0.2, 0) is 4.74 Å². The standard InChI is InChI=1S/C17H25N3O5/c1-17(2,3)25-16(21)19-9-7-12(8-10-19)18-14-6-5-13(20(22)23)11-15(14)24-4/h5-6,11-12,18H,7-10H2,1-4H3. The second-order valence-electron chi connectivity index (χ2n) is 7.03. The Morgan fingerprint density at radius 1 is 1.32 bits per heavy atom. The number of nitro groups is 1. The first kappa shape index (κ1) is 18.8. The zero-order valence-corrected chi connectivity index (χ0v) is 15.1. The fourth-order valence-corrected chi connectivity index (χ4v) is 2.67. The Hall–Kier alpha value is -2.51. The second-order valence-corrected chi connectivity index (χ2v) is 7.03. The third-order valence-corrected chi connectivity index (χ3v) is 3.90. The first-order valence-electron chi connectivity index (χ1n) is 8.26. The molecule has 1 N–H and O–H groups in total. The lowest BCUT2D eigenvalue weighted by molar-refractivity contribution is -0.384. The summed E-state index contributed by atoms with van der Waals surface area (Å²) in [6, 6.07) is 4.66. The molecule has 0 bridgehead atoms. The molecule has 1 saturated heterocycles. The monoisotopic (exact) mass is 351 g/mol. The van der Waals surface area contributed by atoms with Crippen molar-refractivity contribution in [3.05, 3.63) is 28.3 Å². The van der Waals surface area contributed by atoms with E-state index in [-0.39, 0.29) is 17.8 Å². The van der Waals surface area contributed by atoms with Gasteiger partial charge in [0.15, 0.2) is 0 Å². The van der Waals surface area contributed by atoms with Crippen molar-refractivity contribution in [3.8, 4) is 5.75 Å². The Bertz CT molecular complexity index is 634. The van der Waals surface area contributed by atoms with E-state index in [1.54, 1.807) is 11.0 Å². The van der Waals surface area contributed by atoms with Crippen molar-refractivity contribution in [3.63, 3.8) is 0 Å². The number of hydrogen-bond donors (Lipinski definition) is 1. The molecule has 25 heavy (non-hydrogen) atoms. The van der Waals surface area contributed by atoms with E-state index in [4.69, 9.17) is 9.47 Å². The molecule has 8 nitrogen and oxygen atoms in total. The molecule has 1 aromatic rings. The van der Waals surface area contributed by atoms with Crippen molar-refractivity contribution in [2.75, 3.05) is 25.5 Å². The van der Waals surface area contributed by atoms with E-state index >= 15 is 0 Å². The number of likely N-dealkylation sites (tertiary alicyclic amines) is 1. The zero-order valence-electron chi connectivity index (χ0n) is 15.1. The Kier molecular flexibility index (Phi) is 5.71. The van der Waals surface area contributed by atoms with Crippen LogP contribution in [0.4, 0.5) is 16.2 Å². The van der Waals surface area contributed by atoms with Gasteiger partial charge in [-0.3, -0.25) is 10.1 Å². The lowest BCUT2D eigenvalue weighted by atomic mass is 10.0. The first-order chi connectivity index (χ1) is 11.7. The van der Waals surface area contributed by atoms with Crippen LogP contribution in [0.15, 0.2) is 18.2 Å². The number of ether oxygens (including phenoxy) is 2. The molecule has 0 spiro atoms. The van der Waals surface area contributed by atoms with Gasteiger partial charge in [-0.15, -0.1) is 0 Å². The Morgan fingerprint density at radius 3 is 2.48 bits per heavy atom. The molecule has 1 heterocycles. The van der Waals surface area contributed by atoms with Gasteiger partial charge in [0.2, 0.25) is 0 Å². The van der Waals surface area contributed by atoms with Crippen molar-refractivity contribution in [1.82, 2.24) is 4.90 Å². The van der Waals surface area contributed by atoms with Crippen LogP contribution < -0.4 is 10.1 Å². The quantitative estimate of drug-likeness (QED) is 0.660. The summed E-state index contributed by atoms with van der Waals surface area (Å²) < 4.78 is 10.6. The number of amides is 1. The highest BCUT2D eigenvalue weighted by Crippen LogP contribution is 2.30. The van der Waals surface area contributed by atoms with Gasteiger partial charge in [0.05, 0.1) is 23.8 Å². The number of carbonyl (C=O) groups excluding carboxylic acids is 1. The minimum absolute atomic E-state index is 0.0119. The zero-order chi connectivity index (χ0) is 18.6. The highest BCUT2D eigenvalue weighted by Gasteiger charge is 2.27. The van der Waals surface area contributed by atoms with Crippen LogP contribution in [0.25, 0.3) is 0 Å². The molecular weight excluding hydrogens is 326 g/mol. The van der Waals surface area contributed by atoms with Crippen molar-refractivity contribution in [2.24, 2.45) is 0 Å². The van der Waals surface area contributed by atoms with Crippen molar-refractivity contribution in [1.29, 1.82) is 0 Å². The summed E-state index contributed by atoms with van der Waals surface area (Å²) >= 11 is 0. The predicted octanol–water partition coefficient (Wildman–Crippen LogP) is 3.41. The highest BCUT2D eigenvalue weighted by atomic mass is 16.6. The predicted molar refractivity (Wildman–Crippen MR) is 94.1 cm³/mol. The molecule has 1 fully saturated rings. The average molecular weight is 351 g/mol. The second kappa shape index (κ2) is 7.58. The van der Waals surface area contributed by atoms with Gasteiger partial charge in [-0.2, -0.15) is 0 Å². The van der Waals surface area contributed by atoms with Crippen molar-refractivity contribution in [2.45, 2.75) is 45.3 Å². The Balaban J connectivity index is 1.94. The maximum Gasteiger partial charge on any atom is 0.410 e. The van der Waals surface area contributed by atoms with Crippen molar-refractivity contribution >= 4 is 17.5 Å². The Labute approximate surface area is 147 Å². The van der Waals surface area contributed by atoms with Gasteiger partial charge in [0, 0.05) is 25.2 Å². The van der Waals surface area contributed by atoms with E-state index in [1.165, 1.54) is 19.2 Å². The maximum absolute atomic E-state index is 12.1. The normalized spacial score (nSPS) is 15.6. The van der Waals surface area contributed by atoms with E-state index < -0.39 is 10.5 Å². The summed E-state index contributed by atoms with van der Waals surface area (Å²) in [5, 5.41) is 14.2. The van der Waals surface area contributed by atoms with Crippen LogP contribution in [0.5, 0.6) is 5.75 Å². The number of hydrogen-bond acceptors (Lipinski definition) is 6. The van der Waals surface area contributed by atoms with E-state index in [1.807, 2.05) is 20.8 Å². The number of methoxy groups -OCH3 is 1. The summed E-state index contributed by atoms with van der Waals surface area (Å²) in [7, 11) is 1.48. The molecule has 0 aromatic heterocycles. The third-order valence-electron chi connectivity index (χ3n) is 3.90. The number of nitrogens with zero attached hydrogens (tertiary/aromatic N) is 2. The molecule has 8 heteroatoms. The molecule has 2 rings (SSSR count). The largest absolute Gasteiger partial charge is 0.494 e. The van der Waals surface area contributed by atoms with Crippen LogP contribution >= 0.6 is 0 Å². The minimum Gasteiger partial charge on any atom is -0.494 e. The summed E-state index contributed by atoms with van der Waals surface area (Å²) in [6.07, 6.45) is 1.23. The van der Waals surface area contributed by atoms with E-state index in [0.29, 0.717) is 24.5 Å². The van der Waals surface area contributed by atoms with Gasteiger partial charge in [0.25, 0.3) is 5.69 Å². The van der Waals surface area contributed by atoms with Gasteiger partial charge in [-0.05, 0) is 39.7 Å². The fraction of sp³-hybridized carbons (Fsp3) is 0.588. The van der Waals surface area contributed by atoms with Gasteiger partial charge in [-0.1, -0.05) is 0 Å². The Morgan fingerprint density at radius 2 is 1.96 bits per heavy atom. The number of anilines is 1. The smallest absolute Gasteiger partial charge is 0.410 e. The van der Waals surface area contributed by atoms with Gasteiger partial charge in [-0.25, -0.2) is 4.79 Å². The molecule has 0 unspecified atom stereocenters. The number of benzene rings is 1. The number of rotatable bonds is 4. The number of piperidine rings is 1. The van der Waals surface area contributed by atoms with Gasteiger partial charge in [0.1, 0.15) is 11.4 Å². The van der Waals surface area contributed by atoms with E-state index in [9.17, 15) is 14.9 Å². The molecule has 1 aliphatic rings. The van der Waals surface area contributed by atoms with Crippen LogP contribution in [0, 0.1) is 10.1 Å². The molecule has 0 radical (unpaired) electrons. The van der Waals surface area contributed by atoms with Crippen LogP contribution in [0.2, 0.25) is 0 Å².